The number of pyridine rings is 8. The fourth-order valence-corrected chi connectivity index (χ4v) is 19.4. The third-order valence-electron chi connectivity index (χ3n) is 25.1. The first-order chi connectivity index (χ1) is 62.5. The van der Waals surface area contributed by atoms with Gasteiger partial charge in [0, 0.05) is 117 Å². The summed E-state index contributed by atoms with van der Waals surface area (Å²) in [5.41, 5.74) is 30.1. The van der Waals surface area contributed by atoms with Gasteiger partial charge in [-0.25, -0.2) is 19.9 Å². The SMILES string of the molecule is c1cnc2c(c1)ccc1c(-c3c4ccccc4c(-c4ccc(-c5ccc6ncccc6n5)cc4)c4ccccc34)c3ccccc3nc12.c1cnc2c(c1)ccc1c(-c3ccc(-c4ccc5c(c4)oc4ccccc45)c4ccccc34)c3ccccc3nc12.c1cnc2c(c1)ccc1c(-c3ccc(-c4ccc5c(c4)oc4ccccc45)cc3)c3ccccc3nc12. The smallest absolute Gasteiger partial charge is 0.136 e. The summed E-state index contributed by atoms with van der Waals surface area (Å²) in [6, 6.07) is 137. The zero-order valence-corrected chi connectivity index (χ0v) is 67.7. The third-order valence-corrected chi connectivity index (χ3v) is 25.1. The van der Waals surface area contributed by atoms with Crippen LogP contribution in [0, 0.1) is 0 Å². The number of para-hydroxylation sites is 5. The largest absolute Gasteiger partial charge is 0.456 e. The lowest BCUT2D eigenvalue weighted by Gasteiger charge is -2.20. The van der Waals surface area contributed by atoms with Gasteiger partial charge in [0.2, 0.25) is 0 Å². The average Bonchev–Trinajstić information content (AvgIpc) is 1.30. The maximum atomic E-state index is 6.24. The van der Waals surface area contributed by atoms with E-state index in [1.165, 1.54) is 76.8 Å². The number of benzene rings is 17. The van der Waals surface area contributed by atoms with Crippen molar-refractivity contribution in [3.8, 4) is 78.0 Å². The van der Waals surface area contributed by atoms with Crippen LogP contribution in [0.2, 0.25) is 0 Å². The molecule has 10 heterocycles. The van der Waals surface area contributed by atoms with Crippen molar-refractivity contribution in [1.29, 1.82) is 0 Å². The number of aromatic nitrogens is 8. The van der Waals surface area contributed by atoms with Gasteiger partial charge in [0.05, 0.1) is 66.4 Å². The van der Waals surface area contributed by atoms with Crippen LogP contribution in [0.25, 0.3) is 263 Å². The van der Waals surface area contributed by atoms with Crippen LogP contribution in [-0.4, -0.2) is 39.9 Å². The molecule has 10 nitrogen and oxygen atoms in total. The molecule has 0 N–H and O–H groups in total. The van der Waals surface area contributed by atoms with Crippen molar-refractivity contribution in [3.63, 3.8) is 0 Å². The number of hydrogen-bond acceptors (Lipinski definition) is 10. The van der Waals surface area contributed by atoms with Crippen LogP contribution in [0.1, 0.15) is 0 Å². The second-order valence-electron chi connectivity index (χ2n) is 32.2. The Morgan fingerprint density at radius 2 is 0.500 bits per heavy atom. The number of furan rings is 2. The van der Waals surface area contributed by atoms with Gasteiger partial charge in [-0.3, -0.25) is 19.9 Å². The molecule has 0 saturated heterocycles. The zero-order chi connectivity index (χ0) is 82.9. The summed E-state index contributed by atoms with van der Waals surface area (Å²) >= 11 is 0. The Hall–Kier alpha value is -17.1. The van der Waals surface area contributed by atoms with Gasteiger partial charge in [-0.2, -0.15) is 0 Å². The van der Waals surface area contributed by atoms with E-state index in [4.69, 9.17) is 38.7 Å². The molecule has 126 heavy (non-hydrogen) atoms. The summed E-state index contributed by atoms with van der Waals surface area (Å²) < 4.78 is 12.4. The van der Waals surface area contributed by atoms with Crippen LogP contribution in [0.5, 0.6) is 0 Å². The maximum absolute atomic E-state index is 6.24. The Labute approximate surface area is 720 Å². The molecule has 0 aliphatic heterocycles. The predicted molar refractivity (Wildman–Crippen MR) is 522 cm³/mol. The second kappa shape index (κ2) is 29.4. The monoisotopic (exact) mass is 1600 g/mol. The van der Waals surface area contributed by atoms with Crippen LogP contribution in [0.15, 0.2) is 422 Å². The Morgan fingerprint density at radius 1 is 0.159 bits per heavy atom. The molecular formula is C116H68N8O2. The van der Waals surface area contributed by atoms with Crippen molar-refractivity contribution in [2.75, 3.05) is 0 Å². The number of rotatable bonds is 7. The number of hydrogen-bond donors (Lipinski definition) is 0. The highest BCUT2D eigenvalue weighted by molar-refractivity contribution is 6.29. The van der Waals surface area contributed by atoms with E-state index in [2.05, 4.69) is 325 Å². The molecule has 10 heteroatoms. The van der Waals surface area contributed by atoms with Gasteiger partial charge in [-0.05, 0) is 179 Å². The lowest BCUT2D eigenvalue weighted by molar-refractivity contribution is 0.668. The first-order valence-corrected chi connectivity index (χ1v) is 42.4. The molecule has 0 unspecified atom stereocenters. The van der Waals surface area contributed by atoms with Crippen LogP contribution in [0.3, 0.4) is 0 Å². The zero-order valence-electron chi connectivity index (χ0n) is 67.7. The molecule has 0 radical (unpaired) electrons. The molecule has 0 bridgehead atoms. The molecule has 0 aliphatic carbocycles. The molecular weight excluding hydrogens is 1540 g/mol. The quantitative estimate of drug-likeness (QED) is 0.112. The van der Waals surface area contributed by atoms with E-state index in [1.54, 1.807) is 6.20 Å². The van der Waals surface area contributed by atoms with Gasteiger partial charge in [0.25, 0.3) is 0 Å². The molecule has 0 atom stereocenters. The molecule has 0 saturated carbocycles. The van der Waals surface area contributed by atoms with Crippen LogP contribution >= 0.6 is 0 Å². The number of fused-ring (bicyclic) bond motifs is 22. The average molecular weight is 1610 g/mol. The van der Waals surface area contributed by atoms with Gasteiger partial charge in [0.15, 0.2) is 0 Å². The highest BCUT2D eigenvalue weighted by Crippen LogP contribution is 2.50. The van der Waals surface area contributed by atoms with Crippen molar-refractivity contribution < 1.29 is 8.83 Å². The Kier molecular flexibility index (Phi) is 16.7. The van der Waals surface area contributed by atoms with Crippen LogP contribution < -0.4 is 0 Å². The molecule has 27 rings (SSSR count). The fourth-order valence-electron chi connectivity index (χ4n) is 19.4. The van der Waals surface area contributed by atoms with E-state index in [0.29, 0.717) is 0 Å². The van der Waals surface area contributed by atoms with E-state index >= 15 is 0 Å². The maximum Gasteiger partial charge on any atom is 0.136 e. The first kappa shape index (κ1) is 71.8. The molecule has 584 valence electrons. The van der Waals surface area contributed by atoms with Crippen LogP contribution in [-0.2, 0) is 0 Å². The van der Waals surface area contributed by atoms with Crippen molar-refractivity contribution in [3.05, 3.63) is 413 Å². The van der Waals surface area contributed by atoms with Gasteiger partial charge in [-0.15, -0.1) is 0 Å². The minimum Gasteiger partial charge on any atom is -0.456 e. The van der Waals surface area contributed by atoms with E-state index in [9.17, 15) is 0 Å². The van der Waals surface area contributed by atoms with E-state index in [0.717, 1.165) is 187 Å². The molecule has 27 aromatic rings. The normalized spacial score (nSPS) is 11.8. The summed E-state index contributed by atoms with van der Waals surface area (Å²) in [7, 11) is 0. The highest BCUT2D eigenvalue weighted by Gasteiger charge is 2.25. The van der Waals surface area contributed by atoms with Gasteiger partial charge in [0.1, 0.15) is 22.3 Å². The van der Waals surface area contributed by atoms with Crippen molar-refractivity contribution >= 4 is 185 Å². The summed E-state index contributed by atoms with van der Waals surface area (Å²) in [5.74, 6) is 0. The van der Waals surface area contributed by atoms with E-state index in [1.807, 2.05) is 91.4 Å². The third kappa shape index (κ3) is 11.9. The van der Waals surface area contributed by atoms with Crippen molar-refractivity contribution in [2.24, 2.45) is 0 Å². The molecule has 10 aromatic heterocycles. The van der Waals surface area contributed by atoms with Crippen LogP contribution in [0.4, 0.5) is 0 Å². The summed E-state index contributed by atoms with van der Waals surface area (Å²) in [6.07, 6.45) is 7.35. The van der Waals surface area contributed by atoms with Gasteiger partial charge >= 0.3 is 0 Å². The summed E-state index contributed by atoms with van der Waals surface area (Å²) in [5, 5.41) is 21.8. The Morgan fingerprint density at radius 3 is 1.03 bits per heavy atom. The lowest BCUT2D eigenvalue weighted by Crippen LogP contribution is -1.95. The molecule has 0 spiro atoms. The number of nitrogens with zero attached hydrogens (tertiary/aromatic N) is 8. The molecule has 0 fully saturated rings. The van der Waals surface area contributed by atoms with Crippen molar-refractivity contribution in [2.45, 2.75) is 0 Å². The summed E-state index contributed by atoms with van der Waals surface area (Å²) in [6.45, 7) is 0. The second-order valence-corrected chi connectivity index (χ2v) is 32.2. The minimum atomic E-state index is 0.895. The molecule has 17 aromatic carbocycles. The summed E-state index contributed by atoms with van der Waals surface area (Å²) in [4.78, 5) is 38.9. The first-order valence-electron chi connectivity index (χ1n) is 42.4. The standard InChI is InChI=1S/C44H26N4.C38H22N2O.C34H20N2O/c1-3-12-32-30(10-1)40(28-19-17-27(18-20-28)36-23-24-38-39(47-36)16-8-25-45-38)31-11-2-4-13-33(31)41(32)42-34-14-5-6-15-37(34)48-44-35(42)22-21-29-9-7-26-46-43(29)44;1-2-10-27-26(9-1)25(24-16-17-29-28-11-4-6-14-34(28)41-35(29)22-24)19-20-30(27)36-31-12-3-5-13-33(31)40-38-32(36)18-15-23-8-7-21-39-37(23)38;1-3-9-29-27(8-1)32(28-18-15-23-6-5-19-35-33(23)34(28)36-29)22-13-11-21(12-14-22)24-16-17-26-25-7-2-4-10-30(25)37-31(26)20-24/h1-26H;1-22H;1-20H. The van der Waals surface area contributed by atoms with Crippen molar-refractivity contribution in [1.82, 2.24) is 39.9 Å². The van der Waals surface area contributed by atoms with Gasteiger partial charge in [-0.1, -0.05) is 291 Å². The van der Waals surface area contributed by atoms with Gasteiger partial charge < -0.3 is 8.83 Å². The van der Waals surface area contributed by atoms with E-state index in [-0.39, 0.29) is 0 Å². The lowest BCUT2D eigenvalue weighted by atomic mass is 9.83. The predicted octanol–water partition coefficient (Wildman–Crippen LogP) is 30.7. The fraction of sp³-hybridized carbons (Fsp3) is 0. The molecule has 0 aliphatic rings. The topological polar surface area (TPSA) is 129 Å². The Bertz CT molecular complexity index is 9140. The van der Waals surface area contributed by atoms with E-state index < -0.39 is 0 Å². The molecule has 0 amide bonds. The Balaban J connectivity index is 0.000000104. The highest BCUT2D eigenvalue weighted by atomic mass is 16.3. The minimum absolute atomic E-state index is 0.895.